The zero-order valence-electron chi connectivity index (χ0n) is 24.4. The molecule has 0 spiro atoms. The molecule has 220 valence electrons. The Morgan fingerprint density at radius 2 is 1.72 bits per heavy atom. The second-order valence-corrected chi connectivity index (χ2v) is 10.1. The molecule has 5 rings (SSSR count). The van der Waals surface area contributed by atoms with Crippen molar-refractivity contribution in [2.24, 2.45) is 5.16 Å². The Morgan fingerprint density at radius 3 is 2.40 bits per heavy atom. The smallest absolute Gasteiger partial charge is 0.437 e. The fourth-order valence-corrected chi connectivity index (χ4v) is 5.18. The van der Waals surface area contributed by atoms with E-state index in [9.17, 15) is 14.9 Å². The summed E-state index contributed by atoms with van der Waals surface area (Å²) < 4.78 is 13.3. The minimum Gasteiger partial charge on any atom is -0.488 e. The number of carbonyl (C=O) groups excluding carboxylic acids is 1. The van der Waals surface area contributed by atoms with E-state index in [2.05, 4.69) is 15.0 Å². The van der Waals surface area contributed by atoms with Gasteiger partial charge in [0.25, 0.3) is 5.69 Å². The molecule has 0 aliphatic rings. The number of oxime groups is 1. The van der Waals surface area contributed by atoms with Crippen LogP contribution in [0.3, 0.4) is 0 Å². The van der Waals surface area contributed by atoms with E-state index in [1.807, 2.05) is 63.2 Å². The molecule has 1 amide bonds. The molecule has 10 nitrogen and oxygen atoms in total. The highest BCUT2D eigenvalue weighted by molar-refractivity contribution is 6.17. The van der Waals surface area contributed by atoms with Gasteiger partial charge < -0.3 is 14.0 Å². The van der Waals surface area contributed by atoms with Gasteiger partial charge in [-0.25, -0.2) is 4.79 Å². The molecule has 0 radical (unpaired) electrons. The maximum Gasteiger partial charge on any atom is 0.437 e. The SMILES string of the molecule is CCn1c2ccc(/C(=N/OC(=O)Nc3ccccc3)c3ccc(OC(C)COC)cc3C)cc2c2cc([N+](=O)[O-])ccc21. The van der Waals surface area contributed by atoms with Crippen LogP contribution in [0.5, 0.6) is 5.75 Å². The van der Waals surface area contributed by atoms with Crippen molar-refractivity contribution in [1.29, 1.82) is 0 Å². The van der Waals surface area contributed by atoms with Gasteiger partial charge in [0, 0.05) is 64.4 Å². The van der Waals surface area contributed by atoms with Crippen LogP contribution in [0.4, 0.5) is 16.2 Å². The average Bonchev–Trinajstić information content (AvgIpc) is 3.31. The number of ether oxygens (including phenoxy) is 2. The number of hydrogen-bond acceptors (Lipinski definition) is 7. The number of aryl methyl sites for hydroxylation is 2. The van der Waals surface area contributed by atoms with Crippen molar-refractivity contribution in [3.8, 4) is 5.75 Å². The Kier molecular flexibility index (Phi) is 8.68. The molecule has 0 aliphatic carbocycles. The van der Waals surface area contributed by atoms with Crippen molar-refractivity contribution < 1.29 is 24.0 Å². The van der Waals surface area contributed by atoms with Crippen LogP contribution in [0.15, 0.2) is 90.1 Å². The monoisotopic (exact) mass is 580 g/mol. The number of nitro groups is 1. The molecular formula is C33H32N4O6. The molecule has 0 aliphatic heterocycles. The molecule has 0 saturated heterocycles. The normalized spacial score (nSPS) is 12.3. The lowest BCUT2D eigenvalue weighted by atomic mass is 9.96. The third-order valence-corrected chi connectivity index (χ3v) is 7.08. The lowest BCUT2D eigenvalue weighted by Crippen LogP contribution is -2.18. The quantitative estimate of drug-likeness (QED) is 0.0794. The van der Waals surface area contributed by atoms with Gasteiger partial charge in [-0.05, 0) is 74.9 Å². The van der Waals surface area contributed by atoms with Gasteiger partial charge in [-0.15, -0.1) is 0 Å². The molecule has 0 saturated carbocycles. The van der Waals surface area contributed by atoms with Crippen LogP contribution in [-0.4, -0.2) is 41.1 Å². The molecule has 1 atom stereocenters. The number of methoxy groups -OCH3 is 1. The number of nitrogens with one attached hydrogen (secondary N) is 1. The Balaban J connectivity index is 1.60. The van der Waals surface area contributed by atoms with Crippen LogP contribution in [0.2, 0.25) is 0 Å². The lowest BCUT2D eigenvalue weighted by molar-refractivity contribution is -0.384. The van der Waals surface area contributed by atoms with Gasteiger partial charge in [-0.1, -0.05) is 29.4 Å². The Hall–Kier alpha value is -5.22. The summed E-state index contributed by atoms with van der Waals surface area (Å²) in [6.07, 6.45) is -0.885. The maximum atomic E-state index is 12.7. The molecule has 0 bridgehead atoms. The summed E-state index contributed by atoms with van der Waals surface area (Å²) in [4.78, 5) is 29.2. The summed E-state index contributed by atoms with van der Waals surface area (Å²) >= 11 is 0. The number of rotatable bonds is 10. The van der Waals surface area contributed by atoms with E-state index in [0.29, 0.717) is 35.9 Å². The summed E-state index contributed by atoms with van der Waals surface area (Å²) in [5.41, 5.74) is 5.06. The Morgan fingerprint density at radius 1 is 1.00 bits per heavy atom. The average molecular weight is 581 g/mol. The molecule has 1 unspecified atom stereocenters. The number of benzene rings is 4. The van der Waals surface area contributed by atoms with Crippen LogP contribution in [0, 0.1) is 17.0 Å². The largest absolute Gasteiger partial charge is 0.488 e. The second kappa shape index (κ2) is 12.7. The molecule has 43 heavy (non-hydrogen) atoms. The Bertz CT molecular complexity index is 1830. The molecule has 1 aromatic heterocycles. The van der Waals surface area contributed by atoms with E-state index in [1.165, 1.54) is 6.07 Å². The highest BCUT2D eigenvalue weighted by atomic mass is 16.7. The summed E-state index contributed by atoms with van der Waals surface area (Å²) in [7, 11) is 1.62. The van der Waals surface area contributed by atoms with E-state index in [4.69, 9.17) is 14.3 Å². The minimum atomic E-state index is -0.742. The van der Waals surface area contributed by atoms with Crippen molar-refractivity contribution in [3.63, 3.8) is 0 Å². The van der Waals surface area contributed by atoms with Gasteiger partial charge in [0.2, 0.25) is 0 Å². The summed E-state index contributed by atoms with van der Waals surface area (Å²) in [6, 6.07) is 25.2. The van der Waals surface area contributed by atoms with Crippen molar-refractivity contribution in [2.45, 2.75) is 33.4 Å². The van der Waals surface area contributed by atoms with E-state index in [0.717, 1.165) is 32.9 Å². The number of aromatic nitrogens is 1. The van der Waals surface area contributed by atoms with Crippen molar-refractivity contribution in [3.05, 3.63) is 112 Å². The number of fused-ring (bicyclic) bond motifs is 3. The number of carbonyl (C=O) groups is 1. The highest BCUT2D eigenvalue weighted by Crippen LogP contribution is 2.33. The van der Waals surface area contributed by atoms with Gasteiger partial charge in [0.1, 0.15) is 17.6 Å². The van der Waals surface area contributed by atoms with E-state index in [1.54, 1.807) is 43.5 Å². The van der Waals surface area contributed by atoms with Crippen molar-refractivity contribution in [1.82, 2.24) is 4.57 Å². The van der Waals surface area contributed by atoms with Crippen molar-refractivity contribution >= 4 is 45.0 Å². The first-order valence-electron chi connectivity index (χ1n) is 13.9. The first-order valence-corrected chi connectivity index (χ1v) is 13.9. The molecule has 5 aromatic rings. The number of amides is 1. The standard InChI is InChI=1S/C33H32N4O6/c1-5-36-30-15-11-23(18-28(30)29-19-25(37(39)40)12-16-31(29)36)32(35-43-33(38)34-24-9-7-6-8-10-24)27-14-13-26(17-21(27)2)42-22(3)20-41-4/h6-19,22H,5,20H2,1-4H3,(H,34,38)/b35-32-. The minimum absolute atomic E-state index is 0.0111. The number of nitrogens with zero attached hydrogens (tertiary/aromatic N) is 3. The molecule has 10 heteroatoms. The number of non-ortho nitro benzene ring substituents is 1. The van der Waals surface area contributed by atoms with Crippen LogP contribution in [0.25, 0.3) is 21.8 Å². The molecule has 1 N–H and O–H groups in total. The van der Waals surface area contributed by atoms with Crippen LogP contribution < -0.4 is 10.1 Å². The first kappa shape index (κ1) is 29.3. The zero-order chi connectivity index (χ0) is 30.5. The molecule has 0 fully saturated rings. The van der Waals surface area contributed by atoms with Gasteiger partial charge in [-0.3, -0.25) is 20.3 Å². The third-order valence-electron chi connectivity index (χ3n) is 7.08. The lowest BCUT2D eigenvalue weighted by Gasteiger charge is -2.16. The van der Waals surface area contributed by atoms with Crippen LogP contribution >= 0.6 is 0 Å². The highest BCUT2D eigenvalue weighted by Gasteiger charge is 2.19. The summed E-state index contributed by atoms with van der Waals surface area (Å²) in [6.45, 7) is 7.00. The predicted octanol–water partition coefficient (Wildman–Crippen LogP) is 7.45. The van der Waals surface area contributed by atoms with Gasteiger partial charge in [0.15, 0.2) is 0 Å². The number of para-hydroxylation sites is 1. The number of anilines is 1. The van der Waals surface area contributed by atoms with E-state index >= 15 is 0 Å². The van der Waals surface area contributed by atoms with Gasteiger partial charge >= 0.3 is 6.09 Å². The van der Waals surface area contributed by atoms with E-state index < -0.39 is 11.0 Å². The fourth-order valence-electron chi connectivity index (χ4n) is 5.18. The zero-order valence-corrected chi connectivity index (χ0v) is 24.4. The molecule has 4 aromatic carbocycles. The van der Waals surface area contributed by atoms with Gasteiger partial charge in [0.05, 0.1) is 11.5 Å². The predicted molar refractivity (Wildman–Crippen MR) is 167 cm³/mol. The van der Waals surface area contributed by atoms with Gasteiger partial charge in [-0.2, -0.15) is 0 Å². The van der Waals surface area contributed by atoms with Crippen molar-refractivity contribution in [2.75, 3.05) is 19.0 Å². The molecule has 1 heterocycles. The first-order chi connectivity index (χ1) is 20.8. The maximum absolute atomic E-state index is 12.7. The number of hydrogen-bond donors (Lipinski definition) is 1. The van der Waals surface area contributed by atoms with Crippen LogP contribution in [-0.2, 0) is 16.1 Å². The van der Waals surface area contributed by atoms with Crippen LogP contribution in [0.1, 0.15) is 30.5 Å². The second-order valence-electron chi connectivity index (χ2n) is 10.1. The summed E-state index contributed by atoms with van der Waals surface area (Å²) in [5, 5.41) is 20.2. The fraction of sp³-hybridized carbons (Fsp3) is 0.212. The summed E-state index contributed by atoms with van der Waals surface area (Å²) in [5.74, 6) is 0.668. The Labute approximate surface area is 248 Å². The topological polar surface area (TPSA) is 117 Å². The van der Waals surface area contributed by atoms with E-state index in [-0.39, 0.29) is 11.8 Å². The number of nitro benzene ring substituents is 1. The third kappa shape index (κ3) is 6.34. The molecular weight excluding hydrogens is 548 g/mol.